The van der Waals surface area contributed by atoms with Crippen LogP contribution in [-0.4, -0.2) is 30.1 Å². The third-order valence-electron chi connectivity index (χ3n) is 2.26. The molecule has 0 aromatic rings. The summed E-state index contributed by atoms with van der Waals surface area (Å²) in [6.45, 7) is 7.56. The molecule has 1 atom stereocenters. The van der Waals surface area contributed by atoms with Gasteiger partial charge in [0, 0.05) is 24.4 Å². The Morgan fingerprint density at radius 3 is 2.92 bits per heavy atom. The van der Waals surface area contributed by atoms with Crippen LogP contribution in [0.4, 0.5) is 0 Å². The second kappa shape index (κ2) is 4.30. The van der Waals surface area contributed by atoms with E-state index in [1.807, 2.05) is 18.7 Å². The van der Waals surface area contributed by atoms with E-state index in [0.29, 0.717) is 0 Å². The second-order valence-electron chi connectivity index (χ2n) is 3.60. The van der Waals surface area contributed by atoms with Gasteiger partial charge in [0.25, 0.3) is 0 Å². The van der Waals surface area contributed by atoms with Gasteiger partial charge < -0.3 is 11.1 Å². The number of hydrogen-bond donors (Lipinski definition) is 2. The van der Waals surface area contributed by atoms with Crippen LogP contribution in [0.15, 0.2) is 12.2 Å². The summed E-state index contributed by atoms with van der Waals surface area (Å²) in [5.74, 6) is 2.39. The summed E-state index contributed by atoms with van der Waals surface area (Å²) >= 11 is 1.99. The average Bonchev–Trinajstić information content (AvgIpc) is 2.50. The van der Waals surface area contributed by atoms with E-state index in [1.165, 1.54) is 17.7 Å². The van der Waals surface area contributed by atoms with Crippen LogP contribution in [0.1, 0.15) is 13.3 Å². The quantitative estimate of drug-likeness (QED) is 0.643. The van der Waals surface area contributed by atoms with Gasteiger partial charge in [-0.05, 0) is 19.1 Å². The van der Waals surface area contributed by atoms with Crippen molar-refractivity contribution in [2.75, 3.05) is 24.6 Å². The van der Waals surface area contributed by atoms with Crippen LogP contribution >= 0.6 is 11.8 Å². The Morgan fingerprint density at radius 1 is 1.75 bits per heavy atom. The zero-order chi connectivity index (χ0) is 9.03. The average molecular weight is 186 g/mol. The summed E-state index contributed by atoms with van der Waals surface area (Å²) in [5.41, 5.74) is 7.13. The minimum atomic E-state index is 0.198. The first-order valence-electron chi connectivity index (χ1n) is 4.36. The zero-order valence-corrected chi connectivity index (χ0v) is 8.54. The lowest BCUT2D eigenvalue weighted by Gasteiger charge is -2.28. The maximum absolute atomic E-state index is 5.75. The molecule has 1 rings (SSSR count). The van der Waals surface area contributed by atoms with Crippen molar-refractivity contribution >= 4 is 11.8 Å². The highest BCUT2D eigenvalue weighted by Crippen LogP contribution is 2.26. The lowest BCUT2D eigenvalue weighted by molar-refractivity contribution is 0.387. The first-order valence-corrected chi connectivity index (χ1v) is 5.51. The predicted molar refractivity (Wildman–Crippen MR) is 56.5 cm³/mol. The summed E-state index contributed by atoms with van der Waals surface area (Å²) in [6, 6.07) is 0. The standard InChI is InChI=1S/C9H18N2S/c1-8(2)5-11-9(6-10)3-4-12-7-9/h11H,1,3-7,10H2,2H3. The number of nitrogens with one attached hydrogen (secondary N) is 1. The molecule has 0 spiro atoms. The summed E-state index contributed by atoms with van der Waals surface area (Å²) in [4.78, 5) is 0. The molecule has 1 aliphatic heterocycles. The van der Waals surface area contributed by atoms with Gasteiger partial charge in [-0.2, -0.15) is 11.8 Å². The number of nitrogens with two attached hydrogens (primary N) is 1. The van der Waals surface area contributed by atoms with E-state index in [-0.39, 0.29) is 5.54 Å². The smallest absolute Gasteiger partial charge is 0.0405 e. The third-order valence-corrected chi connectivity index (χ3v) is 3.51. The minimum absolute atomic E-state index is 0.198. The van der Waals surface area contributed by atoms with Gasteiger partial charge in [0.15, 0.2) is 0 Å². The van der Waals surface area contributed by atoms with Gasteiger partial charge in [-0.15, -0.1) is 0 Å². The topological polar surface area (TPSA) is 38.0 Å². The van der Waals surface area contributed by atoms with E-state index >= 15 is 0 Å². The van der Waals surface area contributed by atoms with Gasteiger partial charge in [0.2, 0.25) is 0 Å². The molecule has 0 aliphatic carbocycles. The molecule has 0 amide bonds. The number of thioether (sulfide) groups is 1. The molecule has 0 saturated carbocycles. The predicted octanol–water partition coefficient (Wildman–Crippen LogP) is 0.987. The van der Waals surface area contributed by atoms with E-state index in [1.54, 1.807) is 0 Å². The SMILES string of the molecule is C=C(C)CNC1(CN)CCSC1. The fourth-order valence-electron chi connectivity index (χ4n) is 1.32. The van der Waals surface area contributed by atoms with Gasteiger partial charge in [-0.3, -0.25) is 0 Å². The summed E-state index contributed by atoms with van der Waals surface area (Å²) in [7, 11) is 0. The lowest BCUT2D eigenvalue weighted by Crippen LogP contribution is -2.51. The molecule has 70 valence electrons. The highest BCUT2D eigenvalue weighted by atomic mass is 32.2. The van der Waals surface area contributed by atoms with E-state index in [4.69, 9.17) is 5.73 Å². The highest BCUT2D eigenvalue weighted by Gasteiger charge is 2.31. The summed E-state index contributed by atoms with van der Waals surface area (Å²) < 4.78 is 0. The molecule has 1 unspecified atom stereocenters. The number of hydrogen-bond acceptors (Lipinski definition) is 3. The third kappa shape index (κ3) is 2.51. The lowest BCUT2D eigenvalue weighted by atomic mass is 9.99. The normalized spacial score (nSPS) is 29.2. The van der Waals surface area contributed by atoms with Crippen molar-refractivity contribution < 1.29 is 0 Å². The molecule has 1 fully saturated rings. The van der Waals surface area contributed by atoms with Crippen LogP contribution in [0.3, 0.4) is 0 Å². The molecule has 0 radical (unpaired) electrons. The van der Waals surface area contributed by atoms with Gasteiger partial charge >= 0.3 is 0 Å². The maximum Gasteiger partial charge on any atom is 0.0405 e. The molecule has 1 aliphatic rings. The van der Waals surface area contributed by atoms with Crippen LogP contribution in [0.5, 0.6) is 0 Å². The molecule has 0 bridgehead atoms. The van der Waals surface area contributed by atoms with Crippen LogP contribution in [0.2, 0.25) is 0 Å². The fourth-order valence-corrected chi connectivity index (χ4v) is 2.75. The van der Waals surface area contributed by atoms with Gasteiger partial charge in [0.1, 0.15) is 0 Å². The Bertz CT molecular complexity index is 162. The molecule has 3 heteroatoms. The Kier molecular flexibility index (Phi) is 3.62. The molecular weight excluding hydrogens is 168 g/mol. The van der Waals surface area contributed by atoms with Crippen molar-refractivity contribution in [1.82, 2.24) is 5.32 Å². The van der Waals surface area contributed by atoms with Crippen molar-refractivity contribution in [3.05, 3.63) is 12.2 Å². The van der Waals surface area contributed by atoms with Gasteiger partial charge in [0.05, 0.1) is 0 Å². The molecule has 1 heterocycles. The molecule has 3 N–H and O–H groups in total. The van der Waals surface area contributed by atoms with Crippen molar-refractivity contribution in [2.24, 2.45) is 5.73 Å². The minimum Gasteiger partial charge on any atom is -0.329 e. The van der Waals surface area contributed by atoms with Gasteiger partial charge in [-0.25, -0.2) is 0 Å². The largest absolute Gasteiger partial charge is 0.329 e. The Labute approximate surface area is 79.0 Å². The summed E-state index contributed by atoms with van der Waals surface area (Å²) in [6.07, 6.45) is 1.20. The van der Waals surface area contributed by atoms with Crippen LogP contribution in [-0.2, 0) is 0 Å². The molecular formula is C9H18N2S. The monoisotopic (exact) mass is 186 g/mol. The maximum atomic E-state index is 5.75. The molecule has 2 nitrogen and oxygen atoms in total. The highest BCUT2D eigenvalue weighted by molar-refractivity contribution is 7.99. The molecule has 0 aromatic heterocycles. The van der Waals surface area contributed by atoms with Crippen LogP contribution in [0, 0.1) is 0 Å². The first kappa shape index (κ1) is 10.1. The summed E-state index contributed by atoms with van der Waals surface area (Å²) in [5, 5.41) is 3.50. The van der Waals surface area contributed by atoms with Crippen LogP contribution in [0.25, 0.3) is 0 Å². The Balaban J connectivity index is 2.39. The van der Waals surface area contributed by atoms with Crippen molar-refractivity contribution in [1.29, 1.82) is 0 Å². The van der Waals surface area contributed by atoms with E-state index in [0.717, 1.165) is 18.8 Å². The molecule has 12 heavy (non-hydrogen) atoms. The Morgan fingerprint density at radius 2 is 2.50 bits per heavy atom. The first-order chi connectivity index (χ1) is 5.68. The Hall–Kier alpha value is 0.0100. The van der Waals surface area contributed by atoms with Crippen molar-refractivity contribution in [3.8, 4) is 0 Å². The fraction of sp³-hybridized carbons (Fsp3) is 0.778. The molecule has 1 saturated heterocycles. The van der Waals surface area contributed by atoms with Gasteiger partial charge in [-0.1, -0.05) is 12.2 Å². The van der Waals surface area contributed by atoms with E-state index in [9.17, 15) is 0 Å². The number of rotatable bonds is 4. The van der Waals surface area contributed by atoms with Crippen LogP contribution < -0.4 is 11.1 Å². The zero-order valence-electron chi connectivity index (χ0n) is 7.73. The second-order valence-corrected chi connectivity index (χ2v) is 4.70. The van der Waals surface area contributed by atoms with Crippen molar-refractivity contribution in [2.45, 2.75) is 18.9 Å². The van der Waals surface area contributed by atoms with E-state index < -0.39 is 0 Å². The van der Waals surface area contributed by atoms with E-state index in [2.05, 4.69) is 11.9 Å². The molecule has 0 aromatic carbocycles. The van der Waals surface area contributed by atoms with Crippen molar-refractivity contribution in [3.63, 3.8) is 0 Å².